The number of aromatic nitrogens is 1. The Kier molecular flexibility index (Phi) is 3.49. The van der Waals surface area contributed by atoms with Gasteiger partial charge >= 0.3 is 5.97 Å². The van der Waals surface area contributed by atoms with Gasteiger partial charge in [-0.05, 0) is 23.8 Å². The molecular weight excluding hydrogens is 238 g/mol. The highest BCUT2D eigenvalue weighted by Crippen LogP contribution is 2.28. The van der Waals surface area contributed by atoms with Crippen LogP contribution in [0.1, 0.15) is 18.0 Å². The lowest BCUT2D eigenvalue weighted by atomic mass is 10.0. The first kappa shape index (κ1) is 11.7. The summed E-state index contributed by atoms with van der Waals surface area (Å²) in [6, 6.07) is 10.8. The third-order valence-electron chi connectivity index (χ3n) is 2.62. The van der Waals surface area contributed by atoms with E-state index in [1.54, 1.807) is 6.07 Å². The number of benzene rings is 1. The van der Waals surface area contributed by atoms with Crippen LogP contribution in [-0.4, -0.2) is 15.6 Å². The van der Waals surface area contributed by atoms with Crippen LogP contribution < -0.4 is 0 Å². The Balaban J connectivity index is 2.41. The summed E-state index contributed by atoms with van der Waals surface area (Å²) in [5, 5.41) is 9.57. The highest BCUT2D eigenvalue weighted by atomic mass is 35.5. The van der Waals surface area contributed by atoms with Gasteiger partial charge in [0.1, 0.15) is 0 Å². The van der Waals surface area contributed by atoms with Gasteiger partial charge in [0.05, 0.1) is 12.5 Å². The van der Waals surface area contributed by atoms with E-state index < -0.39 is 5.97 Å². The molecule has 0 saturated carbocycles. The van der Waals surface area contributed by atoms with Gasteiger partial charge in [0.2, 0.25) is 0 Å². The molecule has 1 N–H and O–H groups in total. The molecule has 0 aliphatic carbocycles. The SMILES string of the molecule is O=C(O)CC(c1ccccc1Cl)n1cccc1. The number of carbonyl (C=O) groups is 1. The fourth-order valence-electron chi connectivity index (χ4n) is 1.84. The Morgan fingerprint density at radius 2 is 1.88 bits per heavy atom. The second-order valence-corrected chi connectivity index (χ2v) is 4.17. The molecule has 1 aromatic carbocycles. The normalized spacial score (nSPS) is 12.3. The van der Waals surface area contributed by atoms with Crippen molar-refractivity contribution in [1.29, 1.82) is 0 Å². The lowest BCUT2D eigenvalue weighted by Crippen LogP contribution is -2.14. The van der Waals surface area contributed by atoms with Crippen molar-refractivity contribution in [2.45, 2.75) is 12.5 Å². The third-order valence-corrected chi connectivity index (χ3v) is 2.96. The van der Waals surface area contributed by atoms with Gasteiger partial charge in [0, 0.05) is 17.4 Å². The molecule has 3 nitrogen and oxygen atoms in total. The van der Waals surface area contributed by atoms with Crippen LogP contribution in [0.2, 0.25) is 5.02 Å². The van der Waals surface area contributed by atoms with Gasteiger partial charge in [-0.3, -0.25) is 4.79 Å². The van der Waals surface area contributed by atoms with Gasteiger partial charge in [0.25, 0.3) is 0 Å². The summed E-state index contributed by atoms with van der Waals surface area (Å²) in [5.41, 5.74) is 0.827. The zero-order valence-corrected chi connectivity index (χ0v) is 9.84. The monoisotopic (exact) mass is 249 g/mol. The molecule has 0 aliphatic rings. The second kappa shape index (κ2) is 5.06. The Labute approximate surface area is 104 Å². The first-order valence-corrected chi connectivity index (χ1v) is 5.65. The molecule has 2 aromatic rings. The zero-order chi connectivity index (χ0) is 12.3. The summed E-state index contributed by atoms with van der Waals surface area (Å²) in [6.45, 7) is 0. The molecule has 2 rings (SSSR count). The van der Waals surface area contributed by atoms with Crippen LogP contribution in [0.5, 0.6) is 0 Å². The summed E-state index contributed by atoms with van der Waals surface area (Å²) in [6.07, 6.45) is 3.70. The summed E-state index contributed by atoms with van der Waals surface area (Å²) in [4.78, 5) is 10.9. The van der Waals surface area contributed by atoms with Crippen molar-refractivity contribution >= 4 is 17.6 Å². The van der Waals surface area contributed by atoms with E-state index in [9.17, 15) is 4.79 Å². The number of halogens is 1. The molecule has 17 heavy (non-hydrogen) atoms. The fraction of sp³-hybridized carbons (Fsp3) is 0.154. The minimum atomic E-state index is -0.844. The summed E-state index contributed by atoms with van der Waals surface area (Å²) >= 11 is 6.11. The number of aliphatic carboxylic acids is 1. The molecule has 1 atom stereocenters. The Bertz CT molecular complexity index is 508. The molecule has 1 unspecified atom stereocenters. The molecule has 88 valence electrons. The Morgan fingerprint density at radius 3 is 2.47 bits per heavy atom. The Morgan fingerprint density at radius 1 is 1.24 bits per heavy atom. The molecule has 0 aliphatic heterocycles. The van der Waals surface area contributed by atoms with Crippen LogP contribution in [0.25, 0.3) is 0 Å². The highest BCUT2D eigenvalue weighted by Gasteiger charge is 2.18. The topological polar surface area (TPSA) is 42.2 Å². The average molecular weight is 250 g/mol. The molecule has 0 spiro atoms. The van der Waals surface area contributed by atoms with Crippen molar-refractivity contribution in [2.75, 3.05) is 0 Å². The van der Waals surface area contributed by atoms with Gasteiger partial charge in [-0.15, -0.1) is 0 Å². The second-order valence-electron chi connectivity index (χ2n) is 3.77. The first-order chi connectivity index (χ1) is 8.18. The predicted octanol–water partition coefficient (Wildman–Crippen LogP) is 3.21. The standard InChI is InChI=1S/C13H12ClNO2/c14-11-6-2-1-5-10(11)12(9-13(16)17)15-7-3-4-8-15/h1-8,12H,9H2,(H,16,17). The van der Waals surface area contributed by atoms with Crippen molar-refractivity contribution in [1.82, 2.24) is 4.57 Å². The number of carboxylic acid groups (broad SMARTS) is 1. The fourth-order valence-corrected chi connectivity index (χ4v) is 2.10. The maximum absolute atomic E-state index is 10.9. The van der Waals surface area contributed by atoms with Crippen molar-refractivity contribution in [3.8, 4) is 0 Å². The van der Waals surface area contributed by atoms with Crippen molar-refractivity contribution < 1.29 is 9.90 Å². The van der Waals surface area contributed by atoms with Crippen LogP contribution in [0.15, 0.2) is 48.8 Å². The minimum absolute atomic E-state index is 0.0123. The van der Waals surface area contributed by atoms with Crippen molar-refractivity contribution in [2.24, 2.45) is 0 Å². The summed E-state index contributed by atoms with van der Waals surface area (Å²) < 4.78 is 1.86. The molecule has 0 amide bonds. The molecule has 4 heteroatoms. The molecule has 0 fully saturated rings. The van der Waals surface area contributed by atoms with E-state index >= 15 is 0 Å². The van der Waals surface area contributed by atoms with Gasteiger partial charge in [-0.25, -0.2) is 0 Å². The maximum atomic E-state index is 10.9. The van der Waals surface area contributed by atoms with E-state index in [4.69, 9.17) is 16.7 Å². The third kappa shape index (κ3) is 2.68. The van der Waals surface area contributed by atoms with Crippen LogP contribution in [0.3, 0.4) is 0 Å². The molecule has 0 bridgehead atoms. The number of hydrogen-bond donors (Lipinski definition) is 1. The molecule has 1 heterocycles. The van der Waals surface area contributed by atoms with E-state index in [0.29, 0.717) is 5.02 Å². The predicted molar refractivity (Wildman–Crippen MR) is 66.3 cm³/mol. The van der Waals surface area contributed by atoms with Crippen LogP contribution in [0, 0.1) is 0 Å². The number of nitrogens with zero attached hydrogens (tertiary/aromatic N) is 1. The van der Waals surface area contributed by atoms with E-state index in [0.717, 1.165) is 5.56 Å². The quantitative estimate of drug-likeness (QED) is 0.904. The van der Waals surface area contributed by atoms with E-state index in [2.05, 4.69) is 0 Å². The van der Waals surface area contributed by atoms with Gasteiger partial charge in [0.15, 0.2) is 0 Å². The largest absolute Gasteiger partial charge is 0.481 e. The van der Waals surface area contributed by atoms with Crippen molar-refractivity contribution in [3.05, 3.63) is 59.4 Å². The smallest absolute Gasteiger partial charge is 0.305 e. The molecular formula is C13H12ClNO2. The van der Waals surface area contributed by atoms with E-state index in [1.165, 1.54) is 0 Å². The number of rotatable bonds is 4. The van der Waals surface area contributed by atoms with Gasteiger partial charge < -0.3 is 9.67 Å². The van der Waals surface area contributed by atoms with Gasteiger partial charge in [-0.1, -0.05) is 29.8 Å². The first-order valence-electron chi connectivity index (χ1n) is 5.27. The van der Waals surface area contributed by atoms with Crippen LogP contribution >= 0.6 is 11.6 Å². The van der Waals surface area contributed by atoms with Gasteiger partial charge in [-0.2, -0.15) is 0 Å². The average Bonchev–Trinajstić information content (AvgIpc) is 2.80. The summed E-state index contributed by atoms with van der Waals surface area (Å²) in [7, 11) is 0. The number of hydrogen-bond acceptors (Lipinski definition) is 1. The Hall–Kier alpha value is -1.74. The summed E-state index contributed by atoms with van der Waals surface area (Å²) in [5.74, 6) is -0.844. The molecule has 0 saturated heterocycles. The highest BCUT2D eigenvalue weighted by molar-refractivity contribution is 6.31. The zero-order valence-electron chi connectivity index (χ0n) is 9.08. The lowest BCUT2D eigenvalue weighted by Gasteiger charge is -2.18. The van der Waals surface area contributed by atoms with Crippen LogP contribution in [0.4, 0.5) is 0 Å². The maximum Gasteiger partial charge on any atom is 0.305 e. The molecule has 1 aromatic heterocycles. The van der Waals surface area contributed by atoms with Crippen molar-refractivity contribution in [3.63, 3.8) is 0 Å². The minimum Gasteiger partial charge on any atom is -0.481 e. The van der Waals surface area contributed by atoms with E-state index in [-0.39, 0.29) is 12.5 Å². The molecule has 0 radical (unpaired) electrons. The van der Waals surface area contributed by atoms with Crippen LogP contribution in [-0.2, 0) is 4.79 Å². The van der Waals surface area contributed by atoms with E-state index in [1.807, 2.05) is 47.3 Å². The number of carboxylic acids is 1. The lowest BCUT2D eigenvalue weighted by molar-refractivity contribution is -0.137.